The van der Waals surface area contributed by atoms with E-state index in [1.165, 1.54) is 28.6 Å². The second-order valence-corrected chi connectivity index (χ2v) is 12.8. The molecular weight excluding hydrogens is 584 g/mol. The lowest BCUT2D eigenvalue weighted by atomic mass is 10.2. The fourth-order valence-electron chi connectivity index (χ4n) is 4.56. The molecule has 0 spiro atoms. The maximum Gasteiger partial charge on any atom is 0.293 e. The molecule has 5 rings (SSSR count). The number of piperazine rings is 1. The van der Waals surface area contributed by atoms with Crippen molar-refractivity contribution in [1.29, 1.82) is 0 Å². The Labute approximate surface area is 247 Å². The molecule has 3 amide bonds. The Morgan fingerprint density at radius 3 is 2.34 bits per heavy atom. The zero-order valence-electron chi connectivity index (χ0n) is 21.9. The smallest absolute Gasteiger partial charge is 0.293 e. The van der Waals surface area contributed by atoms with E-state index in [2.05, 4.69) is 10.2 Å². The number of carbonyl (C=O) groups excluding carboxylic acids is 3. The highest BCUT2D eigenvalue weighted by Crippen LogP contribution is 2.32. The van der Waals surface area contributed by atoms with Crippen molar-refractivity contribution in [2.75, 3.05) is 44.2 Å². The molecule has 212 valence electrons. The van der Waals surface area contributed by atoms with Crippen LogP contribution in [-0.4, -0.2) is 73.9 Å². The van der Waals surface area contributed by atoms with Gasteiger partial charge in [-0.05, 0) is 65.9 Å². The Bertz CT molecular complexity index is 1590. The number of amides is 3. The van der Waals surface area contributed by atoms with Crippen LogP contribution in [0.2, 0.25) is 5.02 Å². The number of rotatable bonds is 8. The number of benzene rings is 3. The molecule has 2 saturated heterocycles. The fraction of sp³-hybridized carbons (Fsp3) is 0.207. The highest BCUT2D eigenvalue weighted by molar-refractivity contribution is 8.18. The highest BCUT2D eigenvalue weighted by atomic mass is 35.5. The third-order valence-corrected chi connectivity index (χ3v) is 9.81. The summed E-state index contributed by atoms with van der Waals surface area (Å²) in [5, 5.41) is 2.82. The minimum absolute atomic E-state index is 0.0158. The second kappa shape index (κ2) is 12.5. The number of carbonyl (C=O) groups is 3. The zero-order chi connectivity index (χ0) is 29.0. The topological polar surface area (TPSA) is 107 Å². The molecule has 0 bridgehead atoms. The predicted octanol–water partition coefficient (Wildman–Crippen LogP) is 4.32. The van der Waals surface area contributed by atoms with Crippen LogP contribution in [0.15, 0.2) is 88.7 Å². The Kier molecular flexibility index (Phi) is 8.79. The Morgan fingerprint density at radius 2 is 1.63 bits per heavy atom. The molecule has 2 fully saturated rings. The van der Waals surface area contributed by atoms with Gasteiger partial charge >= 0.3 is 0 Å². The molecule has 9 nitrogen and oxygen atoms in total. The number of anilines is 1. The van der Waals surface area contributed by atoms with Crippen molar-refractivity contribution in [3.05, 3.63) is 99.9 Å². The summed E-state index contributed by atoms with van der Waals surface area (Å²) in [7, 11) is -3.79. The predicted molar refractivity (Wildman–Crippen MR) is 160 cm³/mol. The molecular formula is C29H27ClN4O5S2. The van der Waals surface area contributed by atoms with Gasteiger partial charge in [0.05, 0.1) is 9.80 Å². The number of hydrogen-bond donors (Lipinski definition) is 1. The molecule has 1 N–H and O–H groups in total. The second-order valence-electron chi connectivity index (χ2n) is 9.40. The number of thioether (sulfide) groups is 1. The molecule has 41 heavy (non-hydrogen) atoms. The van der Waals surface area contributed by atoms with Crippen molar-refractivity contribution in [2.24, 2.45) is 0 Å². The number of para-hydroxylation sites is 1. The molecule has 0 aliphatic carbocycles. The van der Waals surface area contributed by atoms with Crippen molar-refractivity contribution < 1.29 is 22.8 Å². The fourth-order valence-corrected chi connectivity index (χ4v) is 7.02. The molecule has 0 saturated carbocycles. The molecule has 3 aromatic carbocycles. The first kappa shape index (κ1) is 28.9. The van der Waals surface area contributed by atoms with Gasteiger partial charge in [-0.25, -0.2) is 8.42 Å². The molecule has 0 atom stereocenters. The van der Waals surface area contributed by atoms with E-state index >= 15 is 0 Å². The first-order valence-corrected chi connectivity index (χ1v) is 15.6. The van der Waals surface area contributed by atoms with Crippen LogP contribution in [0.5, 0.6) is 0 Å². The lowest BCUT2D eigenvalue weighted by molar-refractivity contribution is -0.122. The maximum absolute atomic E-state index is 13.3. The van der Waals surface area contributed by atoms with Crippen molar-refractivity contribution in [1.82, 2.24) is 14.5 Å². The number of nitrogens with zero attached hydrogens (tertiary/aromatic N) is 3. The molecule has 2 aliphatic rings. The summed E-state index contributed by atoms with van der Waals surface area (Å²) in [5.41, 5.74) is 1.96. The van der Waals surface area contributed by atoms with E-state index in [0.717, 1.165) is 27.9 Å². The van der Waals surface area contributed by atoms with E-state index in [0.29, 0.717) is 31.2 Å². The van der Waals surface area contributed by atoms with Gasteiger partial charge in [0.15, 0.2) is 0 Å². The van der Waals surface area contributed by atoms with Crippen molar-refractivity contribution >= 4 is 62.2 Å². The molecule has 0 unspecified atom stereocenters. The van der Waals surface area contributed by atoms with Gasteiger partial charge in [-0.1, -0.05) is 48.0 Å². The highest BCUT2D eigenvalue weighted by Gasteiger charge is 2.35. The van der Waals surface area contributed by atoms with Crippen LogP contribution in [-0.2, 0) is 14.8 Å². The number of sulfonamides is 1. The summed E-state index contributed by atoms with van der Waals surface area (Å²) in [4.78, 5) is 41.5. The van der Waals surface area contributed by atoms with Crippen LogP contribution in [0.1, 0.15) is 15.9 Å². The average molecular weight is 611 g/mol. The van der Waals surface area contributed by atoms with Gasteiger partial charge in [0.25, 0.3) is 17.1 Å². The molecule has 2 aliphatic heterocycles. The van der Waals surface area contributed by atoms with E-state index < -0.39 is 27.1 Å². The quantitative estimate of drug-likeness (QED) is 0.379. The number of nitrogens with one attached hydrogen (secondary N) is 1. The summed E-state index contributed by atoms with van der Waals surface area (Å²) in [6, 6.07) is 22.6. The normalized spacial score (nSPS) is 17.3. The van der Waals surface area contributed by atoms with Crippen molar-refractivity contribution in [3.8, 4) is 0 Å². The molecule has 3 aromatic rings. The number of halogens is 1. The van der Waals surface area contributed by atoms with E-state index in [9.17, 15) is 22.8 Å². The van der Waals surface area contributed by atoms with Crippen LogP contribution in [0.25, 0.3) is 6.08 Å². The monoisotopic (exact) mass is 610 g/mol. The summed E-state index contributed by atoms with van der Waals surface area (Å²) in [6.45, 7) is 1.79. The lowest BCUT2D eigenvalue weighted by Gasteiger charge is -2.35. The van der Waals surface area contributed by atoms with Gasteiger partial charge in [0, 0.05) is 55.5 Å². The standard InChI is InChI=1S/C29H27ClN4O5S2/c30-23-11-9-21(10-12-23)19-26-28(36)34(29(37)40-26)14-13-31-27(35)22-5-4-8-25(20-22)41(38,39)33-17-15-32(16-18-33)24-6-2-1-3-7-24/h1-12,19-20H,13-18H2,(H,31,35)/b26-19+. The number of imide groups is 1. The summed E-state index contributed by atoms with van der Waals surface area (Å²) in [5.74, 6) is -0.940. The minimum atomic E-state index is -3.79. The van der Waals surface area contributed by atoms with E-state index in [4.69, 9.17) is 11.6 Å². The summed E-state index contributed by atoms with van der Waals surface area (Å²) < 4.78 is 28.1. The molecule has 12 heteroatoms. The van der Waals surface area contributed by atoms with Gasteiger partial charge in [-0.3, -0.25) is 19.3 Å². The minimum Gasteiger partial charge on any atom is -0.369 e. The van der Waals surface area contributed by atoms with E-state index in [1.54, 1.807) is 30.3 Å². The van der Waals surface area contributed by atoms with Gasteiger partial charge < -0.3 is 10.2 Å². The van der Waals surface area contributed by atoms with Crippen LogP contribution >= 0.6 is 23.4 Å². The molecule has 0 radical (unpaired) electrons. The third kappa shape index (κ3) is 6.65. The zero-order valence-corrected chi connectivity index (χ0v) is 24.3. The van der Waals surface area contributed by atoms with Gasteiger partial charge in [0.1, 0.15) is 0 Å². The SMILES string of the molecule is O=C(NCCN1C(=O)S/C(=C/c2ccc(Cl)cc2)C1=O)c1cccc(S(=O)(=O)N2CCN(c3ccccc3)CC2)c1. The Morgan fingerprint density at radius 1 is 0.927 bits per heavy atom. The first-order chi connectivity index (χ1) is 19.7. The van der Waals surface area contributed by atoms with E-state index in [-0.39, 0.29) is 28.5 Å². The van der Waals surface area contributed by atoms with E-state index in [1.807, 2.05) is 30.3 Å². The summed E-state index contributed by atoms with van der Waals surface area (Å²) in [6.07, 6.45) is 1.62. The van der Waals surface area contributed by atoms with Crippen molar-refractivity contribution in [3.63, 3.8) is 0 Å². The Balaban J connectivity index is 1.17. The van der Waals surface area contributed by atoms with Crippen LogP contribution in [0.3, 0.4) is 0 Å². The van der Waals surface area contributed by atoms with Crippen molar-refractivity contribution in [2.45, 2.75) is 4.90 Å². The van der Waals surface area contributed by atoms with Gasteiger partial charge in [0.2, 0.25) is 10.0 Å². The molecule has 2 heterocycles. The van der Waals surface area contributed by atoms with Crippen LogP contribution < -0.4 is 10.2 Å². The lowest BCUT2D eigenvalue weighted by Crippen LogP contribution is -2.48. The van der Waals surface area contributed by atoms with Gasteiger partial charge in [-0.2, -0.15) is 4.31 Å². The third-order valence-electron chi connectivity index (χ3n) is 6.76. The average Bonchev–Trinajstić information content (AvgIpc) is 3.26. The maximum atomic E-state index is 13.3. The number of hydrogen-bond acceptors (Lipinski definition) is 7. The largest absolute Gasteiger partial charge is 0.369 e. The first-order valence-electron chi connectivity index (χ1n) is 12.9. The molecule has 0 aromatic heterocycles. The van der Waals surface area contributed by atoms with Crippen LogP contribution in [0, 0.1) is 0 Å². The van der Waals surface area contributed by atoms with Gasteiger partial charge in [-0.15, -0.1) is 0 Å². The Hall–Kier alpha value is -3.64. The summed E-state index contributed by atoms with van der Waals surface area (Å²) >= 11 is 6.73. The van der Waals surface area contributed by atoms with Crippen LogP contribution in [0.4, 0.5) is 10.5 Å².